The van der Waals surface area contributed by atoms with Crippen molar-refractivity contribution in [2.45, 2.75) is 24.9 Å². The SMILES string of the molecule is CCNCc1cc(S(=O)(=O)NCc2ccoc2)c[nH]1. The maximum absolute atomic E-state index is 12.0. The van der Waals surface area contributed by atoms with Gasteiger partial charge in [-0.1, -0.05) is 6.92 Å². The Morgan fingerprint density at radius 1 is 1.37 bits per heavy atom. The lowest BCUT2D eigenvalue weighted by Crippen LogP contribution is -2.22. The van der Waals surface area contributed by atoms with Crippen molar-refractivity contribution in [2.75, 3.05) is 6.54 Å². The molecule has 0 fully saturated rings. The van der Waals surface area contributed by atoms with Crippen molar-refractivity contribution >= 4 is 10.0 Å². The summed E-state index contributed by atoms with van der Waals surface area (Å²) in [6.07, 6.45) is 4.51. The number of H-pyrrole nitrogens is 1. The van der Waals surface area contributed by atoms with Gasteiger partial charge in [-0.25, -0.2) is 13.1 Å². The molecule has 104 valence electrons. The van der Waals surface area contributed by atoms with Crippen LogP contribution in [-0.2, 0) is 23.1 Å². The highest BCUT2D eigenvalue weighted by molar-refractivity contribution is 7.89. The molecule has 0 spiro atoms. The summed E-state index contributed by atoms with van der Waals surface area (Å²) in [6.45, 7) is 3.66. The van der Waals surface area contributed by atoms with E-state index in [-0.39, 0.29) is 11.4 Å². The average molecular weight is 283 g/mol. The summed E-state index contributed by atoms with van der Waals surface area (Å²) in [5.41, 5.74) is 1.62. The standard InChI is InChI=1S/C12H17N3O3S/c1-2-13-7-11-5-12(8-14-11)19(16,17)15-6-10-3-4-18-9-10/h3-5,8-9,13-15H,2,6-7H2,1H3. The van der Waals surface area contributed by atoms with Crippen molar-refractivity contribution < 1.29 is 12.8 Å². The summed E-state index contributed by atoms with van der Waals surface area (Å²) in [4.78, 5) is 3.18. The third kappa shape index (κ3) is 3.69. The lowest BCUT2D eigenvalue weighted by Gasteiger charge is -2.02. The molecule has 6 nitrogen and oxygen atoms in total. The normalized spacial score (nSPS) is 11.8. The molecular formula is C12H17N3O3S. The smallest absolute Gasteiger partial charge is 0.242 e. The van der Waals surface area contributed by atoms with Crippen LogP contribution in [0.25, 0.3) is 0 Å². The Labute approximate surface area is 112 Å². The highest BCUT2D eigenvalue weighted by Crippen LogP contribution is 2.11. The van der Waals surface area contributed by atoms with Gasteiger partial charge in [0.15, 0.2) is 0 Å². The van der Waals surface area contributed by atoms with E-state index < -0.39 is 10.0 Å². The fourth-order valence-corrected chi connectivity index (χ4v) is 2.63. The van der Waals surface area contributed by atoms with Crippen LogP contribution < -0.4 is 10.0 Å². The lowest BCUT2D eigenvalue weighted by molar-refractivity contribution is 0.561. The summed E-state index contributed by atoms with van der Waals surface area (Å²) in [6, 6.07) is 3.34. The molecule has 0 atom stereocenters. The maximum Gasteiger partial charge on any atom is 0.242 e. The summed E-state index contributed by atoms with van der Waals surface area (Å²) in [7, 11) is -3.49. The second-order valence-corrected chi connectivity index (χ2v) is 5.86. The Hall–Kier alpha value is -1.57. The Morgan fingerprint density at radius 3 is 2.89 bits per heavy atom. The second-order valence-electron chi connectivity index (χ2n) is 4.10. The first-order valence-electron chi connectivity index (χ1n) is 6.00. The van der Waals surface area contributed by atoms with Gasteiger partial charge in [0.2, 0.25) is 10.0 Å². The zero-order chi connectivity index (χ0) is 13.7. The zero-order valence-corrected chi connectivity index (χ0v) is 11.5. The minimum atomic E-state index is -3.49. The number of rotatable bonds is 7. The van der Waals surface area contributed by atoms with Gasteiger partial charge in [-0.2, -0.15) is 0 Å². The molecule has 0 bridgehead atoms. The largest absolute Gasteiger partial charge is 0.472 e. The summed E-state index contributed by atoms with van der Waals surface area (Å²) >= 11 is 0. The number of aromatic amines is 1. The van der Waals surface area contributed by atoms with E-state index in [1.54, 1.807) is 12.1 Å². The van der Waals surface area contributed by atoms with Crippen molar-refractivity contribution in [3.05, 3.63) is 42.1 Å². The highest BCUT2D eigenvalue weighted by Gasteiger charge is 2.15. The van der Waals surface area contributed by atoms with Gasteiger partial charge < -0.3 is 14.7 Å². The predicted octanol–water partition coefficient (Wildman–Crippen LogP) is 1.20. The molecule has 3 N–H and O–H groups in total. The Morgan fingerprint density at radius 2 is 2.21 bits per heavy atom. The Kier molecular flexibility index (Phi) is 4.41. The molecular weight excluding hydrogens is 266 g/mol. The molecule has 2 heterocycles. The molecule has 0 saturated carbocycles. The number of sulfonamides is 1. The summed E-state index contributed by atoms with van der Waals surface area (Å²) in [5, 5.41) is 3.12. The molecule has 0 aliphatic heterocycles. The number of hydrogen-bond acceptors (Lipinski definition) is 4. The van der Waals surface area contributed by atoms with Crippen LogP contribution in [0.4, 0.5) is 0 Å². The first-order chi connectivity index (χ1) is 9.12. The van der Waals surface area contributed by atoms with Crippen LogP contribution in [0.3, 0.4) is 0 Å². The van der Waals surface area contributed by atoms with Crippen LogP contribution in [0, 0.1) is 0 Å². The van der Waals surface area contributed by atoms with Crippen molar-refractivity contribution in [1.29, 1.82) is 0 Å². The van der Waals surface area contributed by atoms with Crippen LogP contribution in [-0.4, -0.2) is 19.9 Å². The molecule has 19 heavy (non-hydrogen) atoms. The predicted molar refractivity (Wildman–Crippen MR) is 70.9 cm³/mol. The molecule has 0 amide bonds. The molecule has 0 aliphatic rings. The van der Waals surface area contributed by atoms with Gasteiger partial charge in [0.1, 0.15) is 0 Å². The van der Waals surface area contributed by atoms with Gasteiger partial charge >= 0.3 is 0 Å². The third-order valence-electron chi connectivity index (χ3n) is 2.64. The number of hydrogen-bond donors (Lipinski definition) is 3. The fourth-order valence-electron chi connectivity index (χ4n) is 1.59. The van der Waals surface area contributed by atoms with E-state index in [0.717, 1.165) is 17.8 Å². The van der Waals surface area contributed by atoms with Crippen LogP contribution in [0.15, 0.2) is 40.2 Å². The number of nitrogens with one attached hydrogen (secondary N) is 3. The van der Waals surface area contributed by atoms with Gasteiger partial charge in [0.25, 0.3) is 0 Å². The monoisotopic (exact) mass is 283 g/mol. The van der Waals surface area contributed by atoms with E-state index in [0.29, 0.717) is 6.54 Å². The topological polar surface area (TPSA) is 87.1 Å². The van der Waals surface area contributed by atoms with Crippen molar-refractivity contribution in [1.82, 2.24) is 15.0 Å². The van der Waals surface area contributed by atoms with E-state index in [4.69, 9.17) is 4.42 Å². The average Bonchev–Trinajstić information content (AvgIpc) is 3.05. The van der Waals surface area contributed by atoms with E-state index in [1.807, 2.05) is 6.92 Å². The van der Waals surface area contributed by atoms with E-state index >= 15 is 0 Å². The van der Waals surface area contributed by atoms with Gasteiger partial charge in [0, 0.05) is 30.5 Å². The van der Waals surface area contributed by atoms with Gasteiger partial charge in [-0.15, -0.1) is 0 Å². The number of aromatic nitrogens is 1. The molecule has 2 aromatic heterocycles. The Bertz CT molecular complexity index is 602. The molecule has 2 rings (SSSR count). The molecule has 0 saturated heterocycles. The Balaban J connectivity index is 2.00. The first kappa shape index (κ1) is 13.9. The van der Waals surface area contributed by atoms with Gasteiger partial charge in [-0.05, 0) is 18.7 Å². The summed E-state index contributed by atoms with van der Waals surface area (Å²) < 4.78 is 31.5. The molecule has 7 heteroatoms. The van der Waals surface area contributed by atoms with Crippen molar-refractivity contribution in [3.63, 3.8) is 0 Å². The molecule has 0 aliphatic carbocycles. The van der Waals surface area contributed by atoms with Gasteiger partial charge in [0.05, 0.1) is 17.4 Å². The van der Waals surface area contributed by atoms with E-state index in [9.17, 15) is 8.42 Å². The zero-order valence-electron chi connectivity index (χ0n) is 10.6. The summed E-state index contributed by atoms with van der Waals surface area (Å²) in [5.74, 6) is 0. The van der Waals surface area contributed by atoms with E-state index in [1.165, 1.54) is 18.7 Å². The minimum Gasteiger partial charge on any atom is -0.472 e. The highest BCUT2D eigenvalue weighted by atomic mass is 32.2. The van der Waals surface area contributed by atoms with Crippen molar-refractivity contribution in [2.24, 2.45) is 0 Å². The van der Waals surface area contributed by atoms with Crippen LogP contribution in [0.5, 0.6) is 0 Å². The second kappa shape index (κ2) is 6.05. The molecule has 0 radical (unpaired) electrons. The van der Waals surface area contributed by atoms with Gasteiger partial charge in [-0.3, -0.25) is 0 Å². The van der Waals surface area contributed by atoms with E-state index in [2.05, 4.69) is 15.0 Å². The van der Waals surface area contributed by atoms with Crippen LogP contribution in [0.2, 0.25) is 0 Å². The first-order valence-corrected chi connectivity index (χ1v) is 7.49. The lowest BCUT2D eigenvalue weighted by atomic mass is 10.4. The number of furan rings is 1. The third-order valence-corrected chi connectivity index (χ3v) is 4.02. The van der Waals surface area contributed by atoms with Crippen molar-refractivity contribution in [3.8, 4) is 0 Å². The minimum absolute atomic E-state index is 0.215. The molecule has 2 aromatic rings. The molecule has 0 unspecified atom stereocenters. The molecule has 0 aromatic carbocycles. The maximum atomic E-state index is 12.0. The fraction of sp³-hybridized carbons (Fsp3) is 0.333. The quantitative estimate of drug-likeness (QED) is 0.712. The van der Waals surface area contributed by atoms with Crippen LogP contribution in [0.1, 0.15) is 18.2 Å². The van der Waals surface area contributed by atoms with Crippen LogP contribution >= 0.6 is 0 Å².